The molecule has 1 amide bonds. The fourth-order valence-electron chi connectivity index (χ4n) is 2.06. The van der Waals surface area contributed by atoms with Gasteiger partial charge in [-0.15, -0.1) is 21.5 Å². The van der Waals surface area contributed by atoms with Crippen LogP contribution in [0.2, 0.25) is 0 Å². The Balaban J connectivity index is 1.56. The van der Waals surface area contributed by atoms with Gasteiger partial charge in [-0.25, -0.2) is 4.98 Å². The highest BCUT2D eigenvalue weighted by Gasteiger charge is 2.10. The van der Waals surface area contributed by atoms with Crippen LogP contribution in [-0.2, 0) is 11.3 Å². The molecule has 0 bridgehead atoms. The van der Waals surface area contributed by atoms with E-state index in [1.54, 1.807) is 23.9 Å². The average Bonchev–Trinajstić information content (AvgIpc) is 3.20. The minimum Gasteiger partial charge on any atom is -0.350 e. The second-order valence-corrected chi connectivity index (χ2v) is 7.49. The zero-order valence-electron chi connectivity index (χ0n) is 13.4. The smallest absolute Gasteiger partial charge is 0.230 e. The molecule has 0 atom stereocenters. The number of amides is 1. The van der Waals surface area contributed by atoms with Crippen molar-refractivity contribution < 1.29 is 4.79 Å². The number of nitrogens with one attached hydrogen (secondary N) is 1. The molecule has 0 saturated carbocycles. The number of rotatable bonds is 6. The fourth-order valence-corrected chi connectivity index (χ4v) is 3.55. The number of carbonyl (C=O) groups excluding carboxylic acids is 1. The van der Waals surface area contributed by atoms with Crippen molar-refractivity contribution in [3.8, 4) is 5.69 Å². The van der Waals surface area contributed by atoms with Crippen LogP contribution in [0.4, 0.5) is 0 Å². The number of nitrogens with zero attached hydrogens (tertiary/aromatic N) is 4. The average molecular weight is 359 g/mol. The van der Waals surface area contributed by atoms with Crippen molar-refractivity contribution >= 4 is 29.0 Å². The SMILES string of the molecule is Cc1ccc(-n2cnnc2SCC(=O)NCc2cnc(C)s2)cc1. The second kappa shape index (κ2) is 7.59. The summed E-state index contributed by atoms with van der Waals surface area (Å²) in [7, 11) is 0. The Morgan fingerprint density at radius 1 is 1.29 bits per heavy atom. The lowest BCUT2D eigenvalue weighted by Crippen LogP contribution is -2.24. The summed E-state index contributed by atoms with van der Waals surface area (Å²) < 4.78 is 1.88. The van der Waals surface area contributed by atoms with Crippen molar-refractivity contribution in [1.29, 1.82) is 0 Å². The molecule has 0 radical (unpaired) electrons. The van der Waals surface area contributed by atoms with Gasteiger partial charge >= 0.3 is 0 Å². The van der Waals surface area contributed by atoms with Crippen molar-refractivity contribution in [3.05, 3.63) is 52.2 Å². The van der Waals surface area contributed by atoms with Crippen LogP contribution in [0.3, 0.4) is 0 Å². The molecule has 0 unspecified atom stereocenters. The van der Waals surface area contributed by atoms with Crippen molar-refractivity contribution in [1.82, 2.24) is 25.1 Å². The highest BCUT2D eigenvalue weighted by Crippen LogP contribution is 2.19. The third-order valence-electron chi connectivity index (χ3n) is 3.29. The van der Waals surface area contributed by atoms with E-state index in [1.165, 1.54) is 17.3 Å². The number of aryl methyl sites for hydroxylation is 2. The molecule has 8 heteroatoms. The highest BCUT2D eigenvalue weighted by atomic mass is 32.2. The molecule has 0 saturated heterocycles. The molecule has 24 heavy (non-hydrogen) atoms. The number of hydrogen-bond donors (Lipinski definition) is 1. The van der Waals surface area contributed by atoms with E-state index in [0.29, 0.717) is 17.5 Å². The molecule has 2 heterocycles. The van der Waals surface area contributed by atoms with Crippen molar-refractivity contribution in [3.63, 3.8) is 0 Å². The molecule has 3 aromatic rings. The van der Waals surface area contributed by atoms with Crippen LogP contribution in [0.5, 0.6) is 0 Å². The normalized spacial score (nSPS) is 10.8. The molecule has 0 aliphatic heterocycles. The number of hydrogen-bond acceptors (Lipinski definition) is 6. The van der Waals surface area contributed by atoms with Crippen LogP contribution in [0.1, 0.15) is 15.4 Å². The van der Waals surface area contributed by atoms with E-state index < -0.39 is 0 Å². The largest absolute Gasteiger partial charge is 0.350 e. The monoisotopic (exact) mass is 359 g/mol. The lowest BCUT2D eigenvalue weighted by molar-refractivity contribution is -0.118. The summed E-state index contributed by atoms with van der Waals surface area (Å²) >= 11 is 2.95. The first-order valence-electron chi connectivity index (χ1n) is 7.39. The summed E-state index contributed by atoms with van der Waals surface area (Å²) in [6.45, 7) is 4.50. The lowest BCUT2D eigenvalue weighted by Gasteiger charge is -2.07. The zero-order chi connectivity index (χ0) is 16.9. The van der Waals surface area contributed by atoms with Crippen molar-refractivity contribution in [2.24, 2.45) is 0 Å². The van der Waals surface area contributed by atoms with Crippen LogP contribution in [0.25, 0.3) is 5.69 Å². The predicted octanol–water partition coefficient (Wildman–Crippen LogP) is 2.75. The topological polar surface area (TPSA) is 72.7 Å². The van der Waals surface area contributed by atoms with Gasteiger partial charge in [-0.05, 0) is 26.0 Å². The van der Waals surface area contributed by atoms with E-state index in [1.807, 2.05) is 42.7 Å². The van der Waals surface area contributed by atoms with Crippen LogP contribution >= 0.6 is 23.1 Å². The molecule has 3 rings (SSSR count). The van der Waals surface area contributed by atoms with Gasteiger partial charge < -0.3 is 5.32 Å². The molecule has 0 spiro atoms. The maximum Gasteiger partial charge on any atom is 0.230 e. The Bertz CT molecular complexity index is 825. The van der Waals surface area contributed by atoms with Gasteiger partial charge in [0.05, 0.1) is 17.3 Å². The highest BCUT2D eigenvalue weighted by molar-refractivity contribution is 7.99. The molecule has 6 nitrogen and oxygen atoms in total. The van der Waals surface area contributed by atoms with Gasteiger partial charge in [0.1, 0.15) is 6.33 Å². The molecule has 0 aliphatic rings. The Hall–Kier alpha value is -2.19. The van der Waals surface area contributed by atoms with Crippen LogP contribution in [0, 0.1) is 13.8 Å². The first-order chi connectivity index (χ1) is 11.6. The van der Waals surface area contributed by atoms with Crippen LogP contribution < -0.4 is 5.32 Å². The Morgan fingerprint density at radius 2 is 2.08 bits per heavy atom. The van der Waals surface area contributed by atoms with Gasteiger partial charge in [-0.1, -0.05) is 29.5 Å². The third kappa shape index (κ3) is 4.21. The number of benzene rings is 1. The molecule has 2 aromatic heterocycles. The van der Waals surface area contributed by atoms with E-state index in [2.05, 4.69) is 20.5 Å². The summed E-state index contributed by atoms with van der Waals surface area (Å²) in [6.07, 6.45) is 3.45. The Morgan fingerprint density at radius 3 is 2.79 bits per heavy atom. The quantitative estimate of drug-likeness (QED) is 0.685. The van der Waals surface area contributed by atoms with Gasteiger partial charge in [0, 0.05) is 16.8 Å². The minimum absolute atomic E-state index is 0.0375. The molecular weight excluding hydrogens is 342 g/mol. The summed E-state index contributed by atoms with van der Waals surface area (Å²) in [5.74, 6) is 0.256. The number of thiazole rings is 1. The van der Waals surface area contributed by atoms with Gasteiger partial charge in [0.15, 0.2) is 5.16 Å². The molecule has 1 N–H and O–H groups in total. The number of aromatic nitrogens is 4. The number of carbonyl (C=O) groups is 1. The van der Waals surface area contributed by atoms with E-state index in [-0.39, 0.29) is 5.91 Å². The first-order valence-corrected chi connectivity index (χ1v) is 9.20. The van der Waals surface area contributed by atoms with Crippen LogP contribution in [0.15, 0.2) is 41.9 Å². The maximum absolute atomic E-state index is 12.0. The third-order valence-corrected chi connectivity index (χ3v) is 5.15. The molecule has 0 fully saturated rings. The molecular formula is C16H17N5OS2. The van der Waals surface area contributed by atoms with Crippen molar-refractivity contribution in [2.45, 2.75) is 25.5 Å². The Kier molecular flexibility index (Phi) is 5.27. The predicted molar refractivity (Wildman–Crippen MR) is 95.5 cm³/mol. The van der Waals surface area contributed by atoms with E-state index in [9.17, 15) is 4.79 Å². The number of thioether (sulfide) groups is 1. The second-order valence-electron chi connectivity index (χ2n) is 5.23. The fraction of sp³-hybridized carbons (Fsp3) is 0.250. The zero-order valence-corrected chi connectivity index (χ0v) is 15.0. The molecule has 124 valence electrons. The van der Waals surface area contributed by atoms with E-state index in [4.69, 9.17) is 0 Å². The summed E-state index contributed by atoms with van der Waals surface area (Å²) in [5, 5.41) is 12.6. The minimum atomic E-state index is -0.0375. The van der Waals surface area contributed by atoms with Crippen molar-refractivity contribution in [2.75, 3.05) is 5.75 Å². The van der Waals surface area contributed by atoms with E-state index >= 15 is 0 Å². The van der Waals surface area contributed by atoms with Gasteiger partial charge in [-0.2, -0.15) is 0 Å². The summed E-state index contributed by atoms with van der Waals surface area (Å²) in [6, 6.07) is 8.09. The molecule has 1 aromatic carbocycles. The Labute approximate surface area is 148 Å². The molecule has 0 aliphatic carbocycles. The van der Waals surface area contributed by atoms with Gasteiger partial charge in [0.2, 0.25) is 5.91 Å². The summed E-state index contributed by atoms with van der Waals surface area (Å²) in [5.41, 5.74) is 2.17. The lowest BCUT2D eigenvalue weighted by atomic mass is 10.2. The standard InChI is InChI=1S/C16H17N5OS2/c1-11-3-5-13(6-4-11)21-10-19-20-16(21)23-9-15(22)18-8-14-7-17-12(2)24-14/h3-7,10H,8-9H2,1-2H3,(H,18,22). The maximum atomic E-state index is 12.0. The summed E-state index contributed by atoms with van der Waals surface area (Å²) in [4.78, 5) is 17.2. The van der Waals surface area contributed by atoms with E-state index in [0.717, 1.165) is 15.6 Å². The van der Waals surface area contributed by atoms with Gasteiger partial charge in [0.25, 0.3) is 0 Å². The van der Waals surface area contributed by atoms with Crippen LogP contribution in [-0.4, -0.2) is 31.4 Å². The van der Waals surface area contributed by atoms with Gasteiger partial charge in [-0.3, -0.25) is 9.36 Å². The first kappa shape index (κ1) is 16.7.